The van der Waals surface area contributed by atoms with Crippen LogP contribution in [0.25, 0.3) is 0 Å². The van der Waals surface area contributed by atoms with Gasteiger partial charge in [-0.2, -0.15) is 0 Å². The molecule has 2 aromatic rings. The highest BCUT2D eigenvalue weighted by atomic mass is 16.5. The summed E-state index contributed by atoms with van der Waals surface area (Å²) in [6.45, 7) is 6.96. The molecule has 2 aromatic carbocycles. The van der Waals surface area contributed by atoms with Gasteiger partial charge in [0.1, 0.15) is 5.75 Å². The molecular formula is C23H31N3O2. The minimum Gasteiger partial charge on any atom is -0.494 e. The van der Waals surface area contributed by atoms with E-state index in [1.54, 1.807) is 0 Å². The van der Waals surface area contributed by atoms with Gasteiger partial charge in [0.15, 0.2) is 0 Å². The molecule has 1 N–H and O–H groups in total. The molecular weight excluding hydrogens is 350 g/mol. The third-order valence-corrected chi connectivity index (χ3v) is 5.08. The van der Waals surface area contributed by atoms with Gasteiger partial charge in [0.05, 0.1) is 6.61 Å². The first-order valence-corrected chi connectivity index (χ1v) is 10.1. The third kappa shape index (κ3) is 6.27. The van der Waals surface area contributed by atoms with Crippen LogP contribution in [0.1, 0.15) is 24.8 Å². The van der Waals surface area contributed by atoms with Crippen molar-refractivity contribution in [1.82, 2.24) is 4.90 Å². The molecule has 1 saturated heterocycles. The van der Waals surface area contributed by atoms with Crippen LogP contribution in [0, 0.1) is 6.92 Å². The third-order valence-electron chi connectivity index (χ3n) is 5.08. The first kappa shape index (κ1) is 20.2. The molecule has 28 heavy (non-hydrogen) atoms. The summed E-state index contributed by atoms with van der Waals surface area (Å²) in [4.78, 5) is 16.9. The van der Waals surface area contributed by atoms with Gasteiger partial charge in [-0.3, -0.25) is 4.79 Å². The van der Waals surface area contributed by atoms with Gasteiger partial charge in [-0.15, -0.1) is 0 Å². The highest BCUT2D eigenvalue weighted by Crippen LogP contribution is 2.19. The lowest BCUT2D eigenvalue weighted by atomic mass is 10.2. The Morgan fingerprint density at radius 3 is 2.50 bits per heavy atom. The number of amides is 1. The summed E-state index contributed by atoms with van der Waals surface area (Å²) in [6, 6.07) is 16.2. The van der Waals surface area contributed by atoms with Crippen molar-refractivity contribution in [3.05, 3.63) is 54.1 Å². The van der Waals surface area contributed by atoms with Gasteiger partial charge >= 0.3 is 0 Å². The summed E-state index contributed by atoms with van der Waals surface area (Å²) in [7, 11) is 2.16. The second-order valence-electron chi connectivity index (χ2n) is 7.51. The predicted octanol–water partition coefficient (Wildman–Crippen LogP) is 3.93. The summed E-state index contributed by atoms with van der Waals surface area (Å²) < 4.78 is 5.72. The molecule has 0 saturated carbocycles. The van der Waals surface area contributed by atoms with E-state index >= 15 is 0 Å². The molecule has 1 heterocycles. The molecule has 1 amide bonds. The van der Waals surface area contributed by atoms with Crippen molar-refractivity contribution >= 4 is 17.3 Å². The summed E-state index contributed by atoms with van der Waals surface area (Å²) in [5, 5.41) is 2.99. The van der Waals surface area contributed by atoms with Crippen LogP contribution in [0.3, 0.4) is 0 Å². The number of piperazine rings is 1. The number of hydrogen-bond donors (Lipinski definition) is 1. The van der Waals surface area contributed by atoms with Gasteiger partial charge in [-0.05, 0) is 68.8 Å². The Morgan fingerprint density at radius 2 is 1.79 bits per heavy atom. The first-order valence-electron chi connectivity index (χ1n) is 10.1. The quantitative estimate of drug-likeness (QED) is 0.704. The highest BCUT2D eigenvalue weighted by molar-refractivity contribution is 5.90. The molecule has 0 aromatic heterocycles. The second kappa shape index (κ2) is 10.1. The fourth-order valence-electron chi connectivity index (χ4n) is 3.33. The SMILES string of the molecule is Cc1cccc(OCCCCC(=O)Nc2ccc(N3CCN(C)CC3)cc2)c1. The number of unbranched alkanes of at least 4 members (excludes halogenated alkanes) is 1. The van der Waals surface area contributed by atoms with Crippen molar-refractivity contribution in [1.29, 1.82) is 0 Å². The van der Waals surface area contributed by atoms with E-state index in [2.05, 4.69) is 47.3 Å². The van der Waals surface area contributed by atoms with Crippen molar-refractivity contribution < 1.29 is 9.53 Å². The Morgan fingerprint density at radius 1 is 1.04 bits per heavy atom. The van der Waals surface area contributed by atoms with E-state index in [4.69, 9.17) is 4.74 Å². The fraction of sp³-hybridized carbons (Fsp3) is 0.435. The van der Waals surface area contributed by atoms with Crippen molar-refractivity contribution in [2.45, 2.75) is 26.2 Å². The van der Waals surface area contributed by atoms with E-state index in [0.29, 0.717) is 13.0 Å². The number of anilines is 2. The van der Waals surface area contributed by atoms with E-state index in [-0.39, 0.29) is 5.91 Å². The maximum absolute atomic E-state index is 12.1. The Bertz CT molecular complexity index is 753. The average Bonchev–Trinajstić information content (AvgIpc) is 2.69. The molecule has 0 bridgehead atoms. The number of carbonyl (C=O) groups is 1. The lowest BCUT2D eigenvalue weighted by molar-refractivity contribution is -0.116. The number of hydrogen-bond acceptors (Lipinski definition) is 4. The zero-order chi connectivity index (χ0) is 19.8. The zero-order valence-corrected chi connectivity index (χ0v) is 17.0. The molecule has 3 rings (SSSR count). The number of carbonyl (C=O) groups excluding carboxylic acids is 1. The fourth-order valence-corrected chi connectivity index (χ4v) is 3.33. The molecule has 0 unspecified atom stereocenters. The number of likely N-dealkylation sites (N-methyl/N-ethyl adjacent to an activating group) is 1. The lowest BCUT2D eigenvalue weighted by Gasteiger charge is -2.34. The molecule has 1 aliphatic rings. The highest BCUT2D eigenvalue weighted by Gasteiger charge is 2.14. The molecule has 1 fully saturated rings. The van der Waals surface area contributed by atoms with Gasteiger partial charge in [-0.25, -0.2) is 0 Å². The van der Waals surface area contributed by atoms with Gasteiger partial charge in [-0.1, -0.05) is 12.1 Å². The van der Waals surface area contributed by atoms with Crippen LogP contribution >= 0.6 is 0 Å². The van der Waals surface area contributed by atoms with Crippen LogP contribution in [0.2, 0.25) is 0 Å². The molecule has 0 radical (unpaired) electrons. The molecule has 1 aliphatic heterocycles. The van der Waals surface area contributed by atoms with Gasteiger partial charge < -0.3 is 19.9 Å². The van der Waals surface area contributed by atoms with Crippen molar-refractivity contribution in [2.75, 3.05) is 50.1 Å². The molecule has 0 spiro atoms. The summed E-state index contributed by atoms with van der Waals surface area (Å²) in [6.07, 6.45) is 2.19. The molecule has 150 valence electrons. The Balaban J connectivity index is 1.34. The van der Waals surface area contributed by atoms with E-state index in [1.807, 2.05) is 30.3 Å². The first-order chi connectivity index (χ1) is 13.6. The Labute approximate surface area is 168 Å². The zero-order valence-electron chi connectivity index (χ0n) is 17.0. The smallest absolute Gasteiger partial charge is 0.224 e. The maximum Gasteiger partial charge on any atom is 0.224 e. The molecule has 5 heteroatoms. The van der Waals surface area contributed by atoms with Crippen molar-refractivity contribution in [3.63, 3.8) is 0 Å². The van der Waals surface area contributed by atoms with Crippen LogP contribution < -0.4 is 15.0 Å². The number of benzene rings is 2. The number of ether oxygens (including phenoxy) is 1. The average molecular weight is 382 g/mol. The largest absolute Gasteiger partial charge is 0.494 e. The van der Waals surface area contributed by atoms with Gasteiger partial charge in [0, 0.05) is 44.0 Å². The van der Waals surface area contributed by atoms with E-state index in [1.165, 1.54) is 11.3 Å². The Hall–Kier alpha value is -2.53. The summed E-state index contributed by atoms with van der Waals surface area (Å²) >= 11 is 0. The molecule has 5 nitrogen and oxygen atoms in total. The monoisotopic (exact) mass is 381 g/mol. The van der Waals surface area contributed by atoms with Gasteiger partial charge in [0.25, 0.3) is 0 Å². The maximum atomic E-state index is 12.1. The number of nitrogens with one attached hydrogen (secondary N) is 1. The van der Waals surface area contributed by atoms with Crippen LogP contribution in [0.15, 0.2) is 48.5 Å². The summed E-state index contributed by atoms with van der Waals surface area (Å²) in [5.41, 5.74) is 3.27. The van der Waals surface area contributed by atoms with E-state index < -0.39 is 0 Å². The van der Waals surface area contributed by atoms with Gasteiger partial charge in [0.2, 0.25) is 5.91 Å². The van der Waals surface area contributed by atoms with Crippen LogP contribution in [0.4, 0.5) is 11.4 Å². The number of nitrogens with zero attached hydrogens (tertiary/aromatic N) is 2. The second-order valence-corrected chi connectivity index (χ2v) is 7.51. The predicted molar refractivity (Wildman–Crippen MR) is 115 cm³/mol. The summed E-state index contributed by atoms with van der Waals surface area (Å²) in [5.74, 6) is 0.952. The number of aryl methyl sites for hydroxylation is 1. The molecule has 0 aliphatic carbocycles. The van der Waals surface area contributed by atoms with Crippen molar-refractivity contribution in [3.8, 4) is 5.75 Å². The lowest BCUT2D eigenvalue weighted by Crippen LogP contribution is -2.44. The van der Waals surface area contributed by atoms with Crippen LogP contribution in [-0.2, 0) is 4.79 Å². The topological polar surface area (TPSA) is 44.8 Å². The molecule has 0 atom stereocenters. The normalized spacial score (nSPS) is 14.7. The van der Waals surface area contributed by atoms with E-state index in [0.717, 1.165) is 50.5 Å². The van der Waals surface area contributed by atoms with Crippen molar-refractivity contribution in [2.24, 2.45) is 0 Å². The van der Waals surface area contributed by atoms with E-state index in [9.17, 15) is 4.79 Å². The Kier molecular flexibility index (Phi) is 7.31. The van der Waals surface area contributed by atoms with Crippen LogP contribution in [-0.4, -0.2) is 50.6 Å². The minimum atomic E-state index is 0.0582. The minimum absolute atomic E-state index is 0.0582. The standard InChI is InChI=1S/C23H31N3O2/c1-19-6-5-7-22(18-19)28-17-4-3-8-23(27)24-20-9-11-21(12-10-20)26-15-13-25(2)14-16-26/h5-7,9-12,18H,3-4,8,13-17H2,1-2H3,(H,24,27). The van der Waals surface area contributed by atoms with Crippen LogP contribution in [0.5, 0.6) is 5.75 Å². The number of rotatable bonds is 8.